The molecule has 1 heterocycles. The van der Waals surface area contributed by atoms with E-state index in [4.69, 9.17) is 22.2 Å². The summed E-state index contributed by atoms with van der Waals surface area (Å²) in [4.78, 5) is 0. The molecule has 1 saturated heterocycles. The van der Waals surface area contributed by atoms with Crippen molar-refractivity contribution in [2.45, 2.75) is 38.3 Å². The molecule has 1 aromatic carbocycles. The molecule has 18 heavy (non-hydrogen) atoms. The molecule has 0 radical (unpaired) electrons. The van der Waals surface area contributed by atoms with Gasteiger partial charge in [0.15, 0.2) is 0 Å². The van der Waals surface area contributed by atoms with Crippen molar-refractivity contribution < 1.29 is 4.74 Å². The molecule has 0 aromatic heterocycles. The molecule has 3 unspecified atom stereocenters. The van der Waals surface area contributed by atoms with Crippen molar-refractivity contribution in [1.82, 2.24) is 5.43 Å². The van der Waals surface area contributed by atoms with Crippen LogP contribution in [0.1, 0.15) is 25.3 Å². The van der Waals surface area contributed by atoms with Gasteiger partial charge in [-0.05, 0) is 30.9 Å². The van der Waals surface area contributed by atoms with E-state index >= 15 is 0 Å². The lowest BCUT2D eigenvalue weighted by Gasteiger charge is -2.26. The third-order valence-electron chi connectivity index (χ3n) is 3.79. The average Bonchev–Trinajstić information content (AvgIpc) is 2.86. The van der Waals surface area contributed by atoms with Gasteiger partial charge in [-0.1, -0.05) is 36.7 Å². The van der Waals surface area contributed by atoms with Gasteiger partial charge in [-0.15, -0.1) is 0 Å². The average molecular weight is 269 g/mol. The van der Waals surface area contributed by atoms with Gasteiger partial charge in [0, 0.05) is 23.6 Å². The van der Waals surface area contributed by atoms with Gasteiger partial charge in [-0.25, -0.2) is 0 Å². The number of hydrogen-bond acceptors (Lipinski definition) is 3. The minimum absolute atomic E-state index is 0.220. The molecule has 1 aromatic rings. The number of benzene rings is 1. The Morgan fingerprint density at radius 2 is 2.28 bits per heavy atom. The van der Waals surface area contributed by atoms with Gasteiger partial charge >= 0.3 is 0 Å². The molecule has 0 aliphatic carbocycles. The Kier molecular flexibility index (Phi) is 5.01. The van der Waals surface area contributed by atoms with Crippen molar-refractivity contribution in [3.05, 3.63) is 34.9 Å². The number of ether oxygens (including phenoxy) is 1. The summed E-state index contributed by atoms with van der Waals surface area (Å²) in [6.45, 7) is 3.00. The summed E-state index contributed by atoms with van der Waals surface area (Å²) in [5, 5.41) is 0.810. The molecule has 0 bridgehead atoms. The molecule has 3 atom stereocenters. The minimum atomic E-state index is 0.220. The van der Waals surface area contributed by atoms with Crippen LogP contribution in [0.5, 0.6) is 0 Å². The molecule has 0 spiro atoms. The largest absolute Gasteiger partial charge is 0.378 e. The van der Waals surface area contributed by atoms with Crippen LogP contribution in [0.4, 0.5) is 0 Å². The normalized spacial score (nSPS) is 25.3. The molecule has 1 aliphatic rings. The van der Waals surface area contributed by atoms with Gasteiger partial charge in [0.25, 0.3) is 0 Å². The maximum Gasteiger partial charge on any atom is 0.0617 e. The second-order valence-corrected chi connectivity index (χ2v) is 5.25. The maximum atomic E-state index is 6.20. The standard InChI is InChI=1S/C14H21ClN2O/c1-2-14-11(7-8-18-14)13(17-16)9-10-5-3-4-6-12(10)15/h3-6,11,13-14,17H,2,7-9,16H2,1H3. The summed E-state index contributed by atoms with van der Waals surface area (Å²) in [5.74, 6) is 6.19. The Labute approximate surface area is 114 Å². The fraction of sp³-hybridized carbons (Fsp3) is 0.571. The predicted octanol–water partition coefficient (Wildman–Crippen LogP) is 2.53. The van der Waals surface area contributed by atoms with Gasteiger partial charge in [-0.2, -0.15) is 0 Å². The Morgan fingerprint density at radius 3 is 2.94 bits per heavy atom. The SMILES string of the molecule is CCC1OCCC1C(Cc1ccccc1Cl)NN. The van der Waals surface area contributed by atoms with Crippen molar-refractivity contribution in [2.75, 3.05) is 6.61 Å². The second kappa shape index (κ2) is 6.53. The first-order valence-electron chi connectivity index (χ1n) is 6.57. The number of nitrogens with one attached hydrogen (secondary N) is 1. The maximum absolute atomic E-state index is 6.20. The van der Waals surface area contributed by atoms with E-state index in [-0.39, 0.29) is 6.04 Å². The molecule has 100 valence electrons. The van der Waals surface area contributed by atoms with Gasteiger partial charge in [-0.3, -0.25) is 11.3 Å². The molecule has 3 nitrogen and oxygen atoms in total. The monoisotopic (exact) mass is 268 g/mol. The highest BCUT2D eigenvalue weighted by Crippen LogP contribution is 2.29. The van der Waals surface area contributed by atoms with Crippen LogP contribution in [-0.2, 0) is 11.2 Å². The number of hydrazine groups is 1. The van der Waals surface area contributed by atoms with Crippen LogP contribution in [0.15, 0.2) is 24.3 Å². The topological polar surface area (TPSA) is 47.3 Å². The lowest BCUT2D eigenvalue weighted by Crippen LogP contribution is -2.45. The smallest absolute Gasteiger partial charge is 0.0617 e. The second-order valence-electron chi connectivity index (χ2n) is 4.84. The summed E-state index contributed by atoms with van der Waals surface area (Å²) < 4.78 is 5.74. The summed E-state index contributed by atoms with van der Waals surface area (Å²) in [5.41, 5.74) is 4.09. The third kappa shape index (κ3) is 3.04. The van der Waals surface area contributed by atoms with E-state index in [1.54, 1.807) is 0 Å². The first-order valence-corrected chi connectivity index (χ1v) is 6.95. The first kappa shape index (κ1) is 13.8. The van der Waals surface area contributed by atoms with Crippen molar-refractivity contribution >= 4 is 11.6 Å². The Hall–Kier alpha value is -0.610. The van der Waals surface area contributed by atoms with Gasteiger partial charge in [0.05, 0.1) is 6.10 Å². The zero-order chi connectivity index (χ0) is 13.0. The highest BCUT2D eigenvalue weighted by Gasteiger charge is 2.33. The highest BCUT2D eigenvalue weighted by atomic mass is 35.5. The highest BCUT2D eigenvalue weighted by molar-refractivity contribution is 6.31. The van der Waals surface area contributed by atoms with E-state index in [1.807, 2.05) is 18.2 Å². The Bertz CT molecular complexity index is 386. The molecule has 0 saturated carbocycles. The number of hydrogen-bond donors (Lipinski definition) is 2. The molecule has 4 heteroatoms. The van der Waals surface area contributed by atoms with Crippen LogP contribution < -0.4 is 11.3 Å². The van der Waals surface area contributed by atoms with E-state index in [1.165, 1.54) is 0 Å². The van der Waals surface area contributed by atoms with Gasteiger partial charge < -0.3 is 4.74 Å². The Balaban J connectivity index is 2.07. The van der Waals surface area contributed by atoms with Crippen LogP contribution in [0.3, 0.4) is 0 Å². The molecule has 0 amide bonds. The minimum Gasteiger partial charge on any atom is -0.378 e. The van der Waals surface area contributed by atoms with E-state index < -0.39 is 0 Å². The van der Waals surface area contributed by atoms with Crippen molar-refractivity contribution in [3.63, 3.8) is 0 Å². The number of halogens is 1. The van der Waals surface area contributed by atoms with Crippen LogP contribution in [-0.4, -0.2) is 18.8 Å². The molecular weight excluding hydrogens is 248 g/mol. The van der Waals surface area contributed by atoms with E-state index in [2.05, 4.69) is 18.4 Å². The first-order chi connectivity index (χ1) is 8.76. The van der Waals surface area contributed by atoms with Crippen molar-refractivity contribution in [2.24, 2.45) is 11.8 Å². The summed E-state index contributed by atoms with van der Waals surface area (Å²) in [7, 11) is 0. The van der Waals surface area contributed by atoms with E-state index in [0.29, 0.717) is 12.0 Å². The van der Waals surface area contributed by atoms with Crippen LogP contribution in [0, 0.1) is 5.92 Å². The summed E-state index contributed by atoms with van der Waals surface area (Å²) in [6.07, 6.45) is 3.26. The fourth-order valence-electron chi connectivity index (χ4n) is 2.78. The number of nitrogens with two attached hydrogens (primary N) is 1. The van der Waals surface area contributed by atoms with E-state index in [9.17, 15) is 0 Å². The lowest BCUT2D eigenvalue weighted by atomic mass is 9.87. The third-order valence-corrected chi connectivity index (χ3v) is 4.16. The number of rotatable bonds is 5. The summed E-state index contributed by atoms with van der Waals surface area (Å²) >= 11 is 6.20. The summed E-state index contributed by atoms with van der Waals surface area (Å²) in [6, 6.07) is 8.16. The zero-order valence-electron chi connectivity index (χ0n) is 10.7. The van der Waals surface area contributed by atoms with Crippen molar-refractivity contribution in [1.29, 1.82) is 0 Å². The molecule has 1 fully saturated rings. The van der Waals surface area contributed by atoms with Crippen molar-refractivity contribution in [3.8, 4) is 0 Å². The quantitative estimate of drug-likeness (QED) is 0.637. The predicted molar refractivity (Wildman–Crippen MR) is 74.4 cm³/mol. The zero-order valence-corrected chi connectivity index (χ0v) is 11.5. The van der Waals surface area contributed by atoms with Crippen LogP contribution in [0.25, 0.3) is 0 Å². The van der Waals surface area contributed by atoms with Crippen LogP contribution >= 0.6 is 11.6 Å². The fourth-order valence-corrected chi connectivity index (χ4v) is 2.99. The molecular formula is C14H21ClN2O. The van der Waals surface area contributed by atoms with Crippen LogP contribution in [0.2, 0.25) is 5.02 Å². The Morgan fingerprint density at radius 1 is 1.50 bits per heavy atom. The molecule has 1 aliphatic heterocycles. The van der Waals surface area contributed by atoms with Gasteiger partial charge in [0.2, 0.25) is 0 Å². The van der Waals surface area contributed by atoms with Gasteiger partial charge in [0.1, 0.15) is 0 Å². The molecule has 2 rings (SSSR count). The lowest BCUT2D eigenvalue weighted by molar-refractivity contribution is 0.0775. The molecule has 3 N–H and O–H groups in total. The van der Waals surface area contributed by atoms with E-state index in [0.717, 1.165) is 36.5 Å².